The van der Waals surface area contributed by atoms with E-state index in [2.05, 4.69) is 15.5 Å². The van der Waals surface area contributed by atoms with Crippen molar-refractivity contribution in [3.63, 3.8) is 0 Å². The summed E-state index contributed by atoms with van der Waals surface area (Å²) in [5.41, 5.74) is 0. The van der Waals surface area contributed by atoms with Gasteiger partial charge in [0.05, 0.1) is 0 Å². The Morgan fingerprint density at radius 2 is 2.00 bits per heavy atom. The molecule has 2 aliphatic rings. The maximum atomic E-state index is 11.9. The molecular formula is C18H27N3O3S. The van der Waals surface area contributed by atoms with Crippen LogP contribution < -0.4 is 20.1 Å². The van der Waals surface area contributed by atoms with Gasteiger partial charge in [-0.2, -0.15) is 0 Å². The average Bonchev–Trinajstić information content (AvgIpc) is 2.66. The lowest BCUT2D eigenvalue weighted by molar-refractivity contribution is -0.120. The van der Waals surface area contributed by atoms with E-state index < -0.39 is 0 Å². The number of carbonyl (C=O) groups is 1. The molecule has 0 aliphatic carbocycles. The minimum atomic E-state index is 0.130. The molecule has 2 N–H and O–H groups in total. The van der Waals surface area contributed by atoms with Crippen LogP contribution in [0, 0.1) is 0 Å². The van der Waals surface area contributed by atoms with Gasteiger partial charge in [0.25, 0.3) is 0 Å². The summed E-state index contributed by atoms with van der Waals surface area (Å²) in [5.74, 6) is 2.50. The van der Waals surface area contributed by atoms with Crippen LogP contribution in [0.2, 0.25) is 0 Å². The molecule has 138 valence electrons. The van der Waals surface area contributed by atoms with Crippen LogP contribution in [0.1, 0.15) is 12.8 Å². The maximum absolute atomic E-state index is 11.9. The molecule has 1 amide bonds. The second-order valence-electron chi connectivity index (χ2n) is 6.20. The number of benzene rings is 1. The van der Waals surface area contributed by atoms with Crippen molar-refractivity contribution in [2.75, 3.05) is 58.2 Å². The number of fused-ring (bicyclic) bond motifs is 1. The molecular weight excluding hydrogens is 338 g/mol. The topological polar surface area (TPSA) is 62.8 Å². The fraction of sp³-hybridized carbons (Fsp3) is 0.611. The third-order valence-corrected chi connectivity index (χ3v) is 5.29. The fourth-order valence-corrected chi connectivity index (χ4v) is 3.81. The highest BCUT2D eigenvalue weighted by atomic mass is 32.2. The second kappa shape index (κ2) is 9.89. The minimum absolute atomic E-state index is 0.130. The Kier molecular flexibility index (Phi) is 7.26. The molecule has 6 nitrogen and oxygen atoms in total. The van der Waals surface area contributed by atoms with Crippen molar-refractivity contribution in [1.29, 1.82) is 0 Å². The number of amides is 1. The van der Waals surface area contributed by atoms with Crippen LogP contribution in [0.5, 0.6) is 11.5 Å². The van der Waals surface area contributed by atoms with E-state index in [9.17, 15) is 4.79 Å². The van der Waals surface area contributed by atoms with Gasteiger partial charge >= 0.3 is 0 Å². The first-order valence-corrected chi connectivity index (χ1v) is 10.0. The monoisotopic (exact) mass is 365 g/mol. The highest BCUT2D eigenvalue weighted by Crippen LogP contribution is 2.34. The quantitative estimate of drug-likeness (QED) is 0.536. The summed E-state index contributed by atoms with van der Waals surface area (Å²) in [6.07, 6.45) is 1.55. The van der Waals surface area contributed by atoms with Crippen molar-refractivity contribution < 1.29 is 14.3 Å². The number of thioether (sulfide) groups is 1. The van der Waals surface area contributed by atoms with E-state index in [1.165, 1.54) is 0 Å². The minimum Gasteiger partial charge on any atom is -0.486 e. The zero-order valence-electron chi connectivity index (χ0n) is 14.6. The number of rotatable bonds is 8. The third kappa shape index (κ3) is 6.09. The van der Waals surface area contributed by atoms with E-state index in [0.717, 1.165) is 67.8 Å². The van der Waals surface area contributed by atoms with Crippen molar-refractivity contribution in [3.8, 4) is 11.5 Å². The molecule has 7 heteroatoms. The smallest absolute Gasteiger partial charge is 0.220 e. The standard InChI is InChI=1S/C18H27N3O3S/c22-18(20-5-1-8-21-9-6-19-7-10-21)4-13-25-15-2-3-16-17(14-15)24-12-11-23-16/h2-3,14,19H,1,4-13H2,(H,20,22). The fourth-order valence-electron chi connectivity index (χ4n) is 2.93. The molecule has 1 saturated heterocycles. The molecule has 0 saturated carbocycles. The van der Waals surface area contributed by atoms with Gasteiger partial charge < -0.3 is 25.0 Å². The van der Waals surface area contributed by atoms with Gasteiger partial charge in [-0.25, -0.2) is 0 Å². The van der Waals surface area contributed by atoms with Crippen molar-refractivity contribution in [3.05, 3.63) is 18.2 Å². The van der Waals surface area contributed by atoms with Gasteiger partial charge in [-0.15, -0.1) is 11.8 Å². The second-order valence-corrected chi connectivity index (χ2v) is 7.37. The first-order chi connectivity index (χ1) is 12.3. The van der Waals surface area contributed by atoms with E-state index in [0.29, 0.717) is 19.6 Å². The lowest BCUT2D eigenvalue weighted by atomic mass is 10.3. The maximum Gasteiger partial charge on any atom is 0.220 e. The molecule has 0 unspecified atom stereocenters. The van der Waals surface area contributed by atoms with Gasteiger partial charge in [0.2, 0.25) is 5.91 Å². The molecule has 1 aromatic carbocycles. The number of hydrogen-bond donors (Lipinski definition) is 2. The summed E-state index contributed by atoms with van der Waals surface area (Å²) >= 11 is 1.67. The van der Waals surface area contributed by atoms with Crippen LogP contribution >= 0.6 is 11.8 Å². The van der Waals surface area contributed by atoms with E-state index in [-0.39, 0.29) is 5.91 Å². The first kappa shape index (κ1) is 18.4. The third-order valence-electron chi connectivity index (χ3n) is 4.29. The zero-order valence-corrected chi connectivity index (χ0v) is 15.4. The van der Waals surface area contributed by atoms with Crippen LogP contribution in [-0.2, 0) is 4.79 Å². The van der Waals surface area contributed by atoms with E-state index in [1.54, 1.807) is 11.8 Å². The summed E-state index contributed by atoms with van der Waals surface area (Å²) in [4.78, 5) is 15.5. The predicted octanol–water partition coefficient (Wildman–Crippen LogP) is 1.35. The van der Waals surface area contributed by atoms with Gasteiger partial charge in [-0.05, 0) is 31.2 Å². The van der Waals surface area contributed by atoms with E-state index in [4.69, 9.17) is 9.47 Å². The molecule has 0 atom stereocenters. The van der Waals surface area contributed by atoms with Crippen molar-refractivity contribution >= 4 is 17.7 Å². The number of nitrogens with one attached hydrogen (secondary N) is 2. The Morgan fingerprint density at radius 3 is 2.84 bits per heavy atom. The number of nitrogens with zero attached hydrogens (tertiary/aromatic N) is 1. The van der Waals surface area contributed by atoms with Gasteiger partial charge in [-0.3, -0.25) is 4.79 Å². The Hall–Kier alpha value is -1.44. The lowest BCUT2D eigenvalue weighted by Crippen LogP contribution is -2.44. The van der Waals surface area contributed by atoms with Crippen molar-refractivity contribution in [2.24, 2.45) is 0 Å². The van der Waals surface area contributed by atoms with E-state index in [1.807, 2.05) is 18.2 Å². The summed E-state index contributed by atoms with van der Waals surface area (Å²) in [5, 5.41) is 6.37. The van der Waals surface area contributed by atoms with E-state index >= 15 is 0 Å². The zero-order chi connectivity index (χ0) is 17.3. The molecule has 1 fully saturated rings. The number of piperazine rings is 1. The molecule has 0 aromatic heterocycles. The number of hydrogen-bond acceptors (Lipinski definition) is 6. The number of carbonyl (C=O) groups excluding carboxylic acids is 1. The van der Waals surface area contributed by atoms with Crippen LogP contribution in [0.25, 0.3) is 0 Å². The summed E-state index contributed by atoms with van der Waals surface area (Å²) in [6, 6.07) is 5.95. The normalized spacial score (nSPS) is 17.3. The molecule has 0 spiro atoms. The van der Waals surface area contributed by atoms with Crippen LogP contribution in [0.15, 0.2) is 23.1 Å². The SMILES string of the molecule is O=C(CCSc1ccc2c(c1)OCCO2)NCCCN1CCNCC1. The number of ether oxygens (including phenoxy) is 2. The van der Waals surface area contributed by atoms with Crippen molar-refractivity contribution in [1.82, 2.24) is 15.5 Å². The first-order valence-electron chi connectivity index (χ1n) is 9.03. The largest absolute Gasteiger partial charge is 0.486 e. The van der Waals surface area contributed by atoms with Gasteiger partial charge in [0, 0.05) is 49.8 Å². The molecule has 0 radical (unpaired) electrons. The summed E-state index contributed by atoms with van der Waals surface area (Å²) < 4.78 is 11.1. The molecule has 1 aromatic rings. The van der Waals surface area contributed by atoms with Crippen LogP contribution in [-0.4, -0.2) is 69.0 Å². The Balaban J connectivity index is 1.27. The van der Waals surface area contributed by atoms with Crippen LogP contribution in [0.4, 0.5) is 0 Å². The average molecular weight is 365 g/mol. The molecule has 2 heterocycles. The Bertz CT molecular complexity index is 564. The van der Waals surface area contributed by atoms with Gasteiger partial charge in [0.15, 0.2) is 11.5 Å². The predicted molar refractivity (Wildman–Crippen MR) is 99.7 cm³/mol. The summed E-state index contributed by atoms with van der Waals surface area (Å²) in [6.45, 7) is 7.39. The lowest BCUT2D eigenvalue weighted by Gasteiger charge is -2.27. The molecule has 3 rings (SSSR count). The Labute approximate surface area is 153 Å². The molecule has 0 bridgehead atoms. The summed E-state index contributed by atoms with van der Waals surface area (Å²) in [7, 11) is 0. The van der Waals surface area contributed by atoms with Crippen LogP contribution in [0.3, 0.4) is 0 Å². The molecule has 2 aliphatic heterocycles. The highest BCUT2D eigenvalue weighted by molar-refractivity contribution is 7.99. The Morgan fingerprint density at radius 1 is 1.20 bits per heavy atom. The molecule has 25 heavy (non-hydrogen) atoms. The van der Waals surface area contributed by atoms with Crippen molar-refractivity contribution in [2.45, 2.75) is 17.7 Å². The van der Waals surface area contributed by atoms with Gasteiger partial charge in [0.1, 0.15) is 13.2 Å². The van der Waals surface area contributed by atoms with Gasteiger partial charge in [-0.1, -0.05) is 0 Å². The highest BCUT2D eigenvalue weighted by Gasteiger charge is 2.12.